The number of phenols is 2. The Labute approximate surface area is 116 Å². The number of benzene rings is 2. The first-order valence-electron chi connectivity index (χ1n) is 5.98. The van der Waals surface area contributed by atoms with E-state index in [1.165, 1.54) is 31.4 Å². The zero-order valence-corrected chi connectivity index (χ0v) is 10.9. The van der Waals surface area contributed by atoms with E-state index in [4.69, 9.17) is 4.74 Å². The van der Waals surface area contributed by atoms with E-state index in [9.17, 15) is 15.0 Å². The molecule has 0 aliphatic carbocycles. The largest absolute Gasteiger partial charge is 0.508 e. The van der Waals surface area contributed by atoms with Crippen molar-refractivity contribution in [2.24, 2.45) is 0 Å². The molecule has 0 bridgehead atoms. The normalized spacial score (nSPS) is 10.7. The third kappa shape index (κ3) is 3.17. The molecule has 0 fully saturated rings. The van der Waals surface area contributed by atoms with Crippen molar-refractivity contribution in [3.8, 4) is 17.2 Å². The monoisotopic (exact) mass is 270 g/mol. The molecule has 4 nitrogen and oxygen atoms in total. The van der Waals surface area contributed by atoms with Gasteiger partial charge in [0.15, 0.2) is 17.3 Å². The highest BCUT2D eigenvalue weighted by Crippen LogP contribution is 2.26. The summed E-state index contributed by atoms with van der Waals surface area (Å²) in [5.41, 5.74) is 1.14. The number of ether oxygens (including phenoxy) is 1. The lowest BCUT2D eigenvalue weighted by Gasteiger charge is -2.04. The molecular weight excluding hydrogens is 256 g/mol. The molecule has 102 valence electrons. The Bertz CT molecular complexity index is 659. The fourth-order valence-corrected chi connectivity index (χ4v) is 1.73. The second kappa shape index (κ2) is 5.93. The average molecular weight is 270 g/mol. The second-order valence-corrected chi connectivity index (χ2v) is 4.18. The topological polar surface area (TPSA) is 66.8 Å². The molecule has 0 unspecified atom stereocenters. The second-order valence-electron chi connectivity index (χ2n) is 4.18. The first-order chi connectivity index (χ1) is 9.60. The molecule has 0 radical (unpaired) electrons. The Morgan fingerprint density at radius 1 is 1.15 bits per heavy atom. The van der Waals surface area contributed by atoms with Crippen LogP contribution < -0.4 is 4.74 Å². The van der Waals surface area contributed by atoms with Gasteiger partial charge in [-0.3, -0.25) is 4.79 Å². The highest BCUT2D eigenvalue weighted by Gasteiger charge is 2.07. The van der Waals surface area contributed by atoms with Gasteiger partial charge in [-0.1, -0.05) is 18.2 Å². The number of hydrogen-bond acceptors (Lipinski definition) is 4. The molecule has 0 saturated heterocycles. The van der Waals surface area contributed by atoms with Gasteiger partial charge in [0, 0.05) is 5.56 Å². The molecule has 2 aromatic rings. The van der Waals surface area contributed by atoms with Gasteiger partial charge in [0.2, 0.25) is 0 Å². The summed E-state index contributed by atoms with van der Waals surface area (Å²) in [7, 11) is 1.42. The molecule has 0 aliphatic rings. The van der Waals surface area contributed by atoms with Crippen LogP contribution in [-0.2, 0) is 0 Å². The third-order valence-electron chi connectivity index (χ3n) is 2.76. The van der Waals surface area contributed by atoms with E-state index in [2.05, 4.69) is 0 Å². The van der Waals surface area contributed by atoms with Gasteiger partial charge in [-0.05, 0) is 42.0 Å². The zero-order valence-electron chi connectivity index (χ0n) is 10.9. The van der Waals surface area contributed by atoms with Gasteiger partial charge >= 0.3 is 0 Å². The van der Waals surface area contributed by atoms with Crippen LogP contribution in [0.4, 0.5) is 0 Å². The zero-order chi connectivity index (χ0) is 14.5. The van der Waals surface area contributed by atoms with Crippen LogP contribution in [0.25, 0.3) is 6.08 Å². The van der Waals surface area contributed by atoms with Crippen LogP contribution in [0.15, 0.2) is 48.5 Å². The number of rotatable bonds is 4. The minimum absolute atomic E-state index is 0.0130. The summed E-state index contributed by atoms with van der Waals surface area (Å²) in [6, 6.07) is 11.0. The molecule has 0 amide bonds. The summed E-state index contributed by atoms with van der Waals surface area (Å²) >= 11 is 0. The number of aromatic hydroxyl groups is 2. The van der Waals surface area contributed by atoms with Crippen molar-refractivity contribution in [3.05, 3.63) is 59.7 Å². The SMILES string of the molecule is COc1cc(C(=O)/C=C/c2cccc(O)c2)ccc1O. The number of ketones is 1. The quantitative estimate of drug-likeness (QED) is 0.662. The van der Waals surface area contributed by atoms with E-state index in [1.54, 1.807) is 30.3 Å². The molecule has 0 heterocycles. The molecule has 2 rings (SSSR count). The first kappa shape index (κ1) is 13.7. The van der Waals surface area contributed by atoms with E-state index in [0.717, 1.165) is 5.56 Å². The van der Waals surface area contributed by atoms with Gasteiger partial charge in [-0.25, -0.2) is 0 Å². The summed E-state index contributed by atoms with van der Waals surface area (Å²) in [4.78, 5) is 12.0. The minimum atomic E-state index is -0.216. The molecule has 0 atom stereocenters. The summed E-state index contributed by atoms with van der Waals surface area (Å²) < 4.78 is 4.95. The standard InChI is InChI=1S/C16H14O4/c1-20-16-10-12(6-8-15(16)19)14(18)7-5-11-3-2-4-13(17)9-11/h2-10,17,19H,1H3/b7-5+. The molecule has 4 heteroatoms. The molecule has 20 heavy (non-hydrogen) atoms. The highest BCUT2D eigenvalue weighted by atomic mass is 16.5. The van der Waals surface area contributed by atoms with Crippen LogP contribution in [0.1, 0.15) is 15.9 Å². The van der Waals surface area contributed by atoms with Gasteiger partial charge in [0.1, 0.15) is 5.75 Å². The van der Waals surface area contributed by atoms with Crippen molar-refractivity contribution in [2.45, 2.75) is 0 Å². The van der Waals surface area contributed by atoms with Gasteiger partial charge in [0.25, 0.3) is 0 Å². The lowest BCUT2D eigenvalue weighted by Crippen LogP contribution is -1.95. The third-order valence-corrected chi connectivity index (χ3v) is 2.76. The molecule has 0 aliphatic heterocycles. The van der Waals surface area contributed by atoms with Crippen molar-refractivity contribution < 1.29 is 19.7 Å². The number of allylic oxidation sites excluding steroid dienone is 1. The van der Waals surface area contributed by atoms with Gasteiger partial charge in [0.05, 0.1) is 7.11 Å². The first-order valence-corrected chi connectivity index (χ1v) is 5.98. The van der Waals surface area contributed by atoms with Crippen molar-refractivity contribution in [2.75, 3.05) is 7.11 Å². The molecule has 2 N–H and O–H groups in total. The maximum atomic E-state index is 12.0. The minimum Gasteiger partial charge on any atom is -0.508 e. The Morgan fingerprint density at radius 3 is 2.65 bits per heavy atom. The van der Waals surface area contributed by atoms with E-state index in [1.807, 2.05) is 0 Å². The average Bonchev–Trinajstić information content (AvgIpc) is 2.45. The summed E-state index contributed by atoms with van der Waals surface area (Å²) in [6.45, 7) is 0. The predicted molar refractivity (Wildman–Crippen MR) is 76.1 cm³/mol. The molecular formula is C16H14O4. The molecule has 2 aromatic carbocycles. The summed E-state index contributed by atoms with van der Waals surface area (Å²) in [5, 5.41) is 18.8. The predicted octanol–water partition coefficient (Wildman–Crippen LogP) is 3.00. The Morgan fingerprint density at radius 2 is 1.95 bits per heavy atom. The fourth-order valence-electron chi connectivity index (χ4n) is 1.73. The van der Waals surface area contributed by atoms with E-state index < -0.39 is 0 Å². The van der Waals surface area contributed by atoms with E-state index >= 15 is 0 Å². The highest BCUT2D eigenvalue weighted by molar-refractivity contribution is 6.07. The number of carbonyl (C=O) groups is 1. The van der Waals surface area contributed by atoms with Gasteiger partial charge in [-0.2, -0.15) is 0 Å². The lowest BCUT2D eigenvalue weighted by molar-refractivity contribution is 0.104. The van der Waals surface area contributed by atoms with Gasteiger partial charge < -0.3 is 14.9 Å². The number of hydrogen-bond donors (Lipinski definition) is 2. The van der Waals surface area contributed by atoms with Gasteiger partial charge in [-0.15, -0.1) is 0 Å². The van der Waals surface area contributed by atoms with Crippen molar-refractivity contribution >= 4 is 11.9 Å². The van der Waals surface area contributed by atoms with Crippen LogP contribution in [0, 0.1) is 0 Å². The Balaban J connectivity index is 2.20. The number of carbonyl (C=O) groups excluding carboxylic acids is 1. The molecule has 0 spiro atoms. The Kier molecular flexibility index (Phi) is 4.05. The Hall–Kier alpha value is -2.75. The summed E-state index contributed by atoms with van der Waals surface area (Å²) in [5.74, 6) is 0.167. The summed E-state index contributed by atoms with van der Waals surface area (Å²) in [6.07, 6.45) is 3.02. The number of phenolic OH excluding ortho intramolecular Hbond substituents is 2. The fraction of sp³-hybridized carbons (Fsp3) is 0.0625. The maximum Gasteiger partial charge on any atom is 0.185 e. The maximum absolute atomic E-state index is 12.0. The van der Waals surface area contributed by atoms with Crippen molar-refractivity contribution in [1.82, 2.24) is 0 Å². The van der Waals surface area contributed by atoms with Crippen LogP contribution in [0.2, 0.25) is 0 Å². The van der Waals surface area contributed by atoms with Crippen LogP contribution >= 0.6 is 0 Å². The van der Waals surface area contributed by atoms with Crippen LogP contribution in [-0.4, -0.2) is 23.1 Å². The van der Waals surface area contributed by atoms with Crippen molar-refractivity contribution in [3.63, 3.8) is 0 Å². The van der Waals surface area contributed by atoms with E-state index in [-0.39, 0.29) is 23.0 Å². The number of methoxy groups -OCH3 is 1. The van der Waals surface area contributed by atoms with Crippen molar-refractivity contribution in [1.29, 1.82) is 0 Å². The van der Waals surface area contributed by atoms with Crippen LogP contribution in [0.5, 0.6) is 17.2 Å². The van der Waals surface area contributed by atoms with E-state index in [0.29, 0.717) is 5.56 Å². The molecule has 0 aromatic heterocycles. The van der Waals surface area contributed by atoms with Crippen LogP contribution in [0.3, 0.4) is 0 Å². The molecule has 0 saturated carbocycles. The lowest BCUT2D eigenvalue weighted by atomic mass is 10.1. The smallest absolute Gasteiger partial charge is 0.185 e.